The molecule has 0 unspecified atom stereocenters. The van der Waals surface area contributed by atoms with Gasteiger partial charge in [-0.1, -0.05) is 38.1 Å². The van der Waals surface area contributed by atoms with Gasteiger partial charge in [0.05, 0.1) is 31.6 Å². The third-order valence-corrected chi connectivity index (χ3v) is 4.95. The molecule has 170 valence electrons. The minimum Gasteiger partial charge on any atom is -0.481 e. The quantitative estimate of drug-likeness (QED) is 0.501. The number of aliphatic hydroxyl groups is 3. The van der Waals surface area contributed by atoms with Crippen molar-refractivity contribution < 1.29 is 29.2 Å². The van der Waals surface area contributed by atoms with Crippen molar-refractivity contribution in [2.24, 2.45) is 0 Å². The molecule has 1 aromatic carbocycles. The fraction of sp³-hybridized carbons (Fsp3) is 0.458. The summed E-state index contributed by atoms with van der Waals surface area (Å²) < 4.78 is 24.5. The number of hydrogen-bond acceptors (Lipinski definition) is 6. The molecule has 0 aliphatic heterocycles. The van der Waals surface area contributed by atoms with Crippen LogP contribution in [-0.2, 0) is 11.3 Å². The molecule has 0 spiro atoms. The first kappa shape index (κ1) is 24.9. The summed E-state index contributed by atoms with van der Waals surface area (Å²) in [5.41, 5.74) is 3.80. The Morgan fingerprint density at radius 3 is 2.35 bits per heavy atom. The van der Waals surface area contributed by atoms with E-state index in [4.69, 9.17) is 14.6 Å². The molecule has 2 rings (SSSR count). The molecule has 0 amide bonds. The Labute approximate surface area is 183 Å². The normalized spacial score (nSPS) is 13.7. The first-order valence-electron chi connectivity index (χ1n) is 10.3. The molecule has 6 nitrogen and oxygen atoms in total. The first-order chi connectivity index (χ1) is 14.8. The fourth-order valence-electron chi connectivity index (χ4n) is 3.47. The van der Waals surface area contributed by atoms with Gasteiger partial charge < -0.3 is 24.8 Å². The molecule has 0 fully saturated rings. The number of pyridine rings is 1. The van der Waals surface area contributed by atoms with Crippen LogP contribution >= 0.6 is 0 Å². The maximum Gasteiger partial charge on any atom is 0.219 e. The average Bonchev–Trinajstić information content (AvgIpc) is 2.73. The predicted octanol–water partition coefficient (Wildman–Crippen LogP) is 3.67. The zero-order valence-electron chi connectivity index (χ0n) is 18.5. The van der Waals surface area contributed by atoms with Crippen LogP contribution in [0.5, 0.6) is 5.88 Å². The summed E-state index contributed by atoms with van der Waals surface area (Å²) >= 11 is 0. The van der Waals surface area contributed by atoms with Gasteiger partial charge >= 0.3 is 0 Å². The Bertz CT molecular complexity index is 867. The summed E-state index contributed by atoms with van der Waals surface area (Å²) in [5, 5.41) is 29.2. The Kier molecular flexibility index (Phi) is 9.58. The number of methoxy groups -OCH3 is 2. The van der Waals surface area contributed by atoms with E-state index in [1.165, 1.54) is 12.1 Å². The van der Waals surface area contributed by atoms with Crippen molar-refractivity contribution in [3.8, 4) is 17.0 Å². The smallest absolute Gasteiger partial charge is 0.219 e. The van der Waals surface area contributed by atoms with Gasteiger partial charge in [-0.2, -0.15) is 0 Å². The summed E-state index contributed by atoms with van der Waals surface area (Å²) in [6.07, 6.45) is 1.97. The lowest BCUT2D eigenvalue weighted by molar-refractivity contribution is 0.0827. The molecule has 31 heavy (non-hydrogen) atoms. The van der Waals surface area contributed by atoms with Crippen molar-refractivity contribution in [3.63, 3.8) is 0 Å². The Balaban J connectivity index is 2.66. The van der Waals surface area contributed by atoms with Crippen LogP contribution in [-0.4, -0.2) is 53.3 Å². The number of ether oxygens (including phenoxy) is 2. The van der Waals surface area contributed by atoms with Gasteiger partial charge in [-0.05, 0) is 30.0 Å². The molecular weight excluding hydrogens is 401 g/mol. The van der Waals surface area contributed by atoms with Gasteiger partial charge in [0.2, 0.25) is 5.88 Å². The number of halogens is 1. The number of aromatic nitrogens is 1. The Hall–Kier alpha value is -2.32. The minimum absolute atomic E-state index is 0.0430. The highest BCUT2D eigenvalue weighted by Crippen LogP contribution is 2.38. The van der Waals surface area contributed by atoms with Crippen molar-refractivity contribution in [1.29, 1.82) is 0 Å². The number of hydrogen-bond donors (Lipinski definition) is 3. The summed E-state index contributed by atoms with van der Waals surface area (Å²) in [7, 11) is 3.12. The maximum absolute atomic E-state index is 13.6. The SMILES string of the molecule is COCc1c(OC)nc(C(C)C)c(/C=C/[C@@H](O)C[C@@H](O)CCO)c1-c1ccc(F)cc1. The molecule has 0 aliphatic rings. The molecule has 2 aromatic rings. The standard InChI is InChI=1S/C24H32FNO5/c1-15(2)23-20(10-9-18(28)13-19(29)11-12-27)22(16-5-7-17(25)8-6-16)21(14-30-3)24(26-23)31-4/h5-10,15,18-19,27-29H,11-14H2,1-4H3/b10-9+/t18-,19+/m1/s1. The monoisotopic (exact) mass is 433 g/mol. The van der Waals surface area contributed by atoms with Crippen molar-refractivity contribution in [1.82, 2.24) is 4.98 Å². The van der Waals surface area contributed by atoms with Crippen LogP contribution in [0.4, 0.5) is 4.39 Å². The summed E-state index contributed by atoms with van der Waals surface area (Å²) in [4.78, 5) is 4.69. The number of aliphatic hydroxyl groups excluding tert-OH is 3. The van der Waals surface area contributed by atoms with Gasteiger partial charge in [-0.15, -0.1) is 0 Å². The van der Waals surface area contributed by atoms with Crippen molar-refractivity contribution >= 4 is 6.08 Å². The third-order valence-electron chi connectivity index (χ3n) is 4.95. The van der Waals surface area contributed by atoms with E-state index in [-0.39, 0.29) is 37.8 Å². The summed E-state index contributed by atoms with van der Waals surface area (Å²) in [6, 6.07) is 6.15. The van der Waals surface area contributed by atoms with E-state index in [2.05, 4.69) is 4.98 Å². The molecule has 7 heteroatoms. The number of nitrogens with zero attached hydrogens (tertiary/aromatic N) is 1. The number of benzene rings is 1. The Morgan fingerprint density at radius 1 is 1.13 bits per heavy atom. The zero-order valence-corrected chi connectivity index (χ0v) is 18.5. The van der Waals surface area contributed by atoms with Crippen LogP contribution in [0.2, 0.25) is 0 Å². The van der Waals surface area contributed by atoms with Gasteiger partial charge in [0.15, 0.2) is 0 Å². The largest absolute Gasteiger partial charge is 0.481 e. The summed E-state index contributed by atoms with van der Waals surface area (Å²) in [5.74, 6) is 0.134. The van der Waals surface area contributed by atoms with Crippen LogP contribution in [0.1, 0.15) is 49.4 Å². The molecule has 2 atom stereocenters. The van der Waals surface area contributed by atoms with E-state index in [1.807, 2.05) is 13.8 Å². The molecule has 1 heterocycles. The van der Waals surface area contributed by atoms with Crippen LogP contribution in [0, 0.1) is 5.82 Å². The lowest BCUT2D eigenvalue weighted by Gasteiger charge is -2.21. The highest BCUT2D eigenvalue weighted by molar-refractivity contribution is 5.81. The van der Waals surface area contributed by atoms with Crippen LogP contribution < -0.4 is 4.74 Å². The van der Waals surface area contributed by atoms with Crippen LogP contribution in [0.15, 0.2) is 30.3 Å². The number of rotatable bonds is 11. The molecule has 0 bridgehead atoms. The van der Waals surface area contributed by atoms with Crippen molar-refractivity contribution in [2.45, 2.75) is 51.4 Å². The second-order valence-corrected chi connectivity index (χ2v) is 7.70. The van der Waals surface area contributed by atoms with Gasteiger partial charge in [0.1, 0.15) is 5.82 Å². The van der Waals surface area contributed by atoms with E-state index in [1.54, 1.807) is 38.5 Å². The van der Waals surface area contributed by atoms with E-state index < -0.39 is 12.2 Å². The molecule has 3 N–H and O–H groups in total. The molecule has 0 saturated heterocycles. The Morgan fingerprint density at radius 2 is 1.81 bits per heavy atom. The van der Waals surface area contributed by atoms with Gasteiger partial charge in [-0.25, -0.2) is 9.37 Å². The highest BCUT2D eigenvalue weighted by atomic mass is 19.1. The lowest BCUT2D eigenvalue weighted by atomic mass is 9.90. The van der Waals surface area contributed by atoms with Crippen LogP contribution in [0.25, 0.3) is 17.2 Å². The fourth-order valence-corrected chi connectivity index (χ4v) is 3.47. The predicted molar refractivity (Wildman–Crippen MR) is 118 cm³/mol. The third kappa shape index (κ3) is 6.58. The molecule has 0 aliphatic carbocycles. The van der Waals surface area contributed by atoms with Crippen molar-refractivity contribution in [2.75, 3.05) is 20.8 Å². The molecule has 1 aromatic heterocycles. The van der Waals surface area contributed by atoms with Gasteiger partial charge in [0, 0.05) is 36.8 Å². The first-order valence-corrected chi connectivity index (χ1v) is 10.3. The molecule has 0 saturated carbocycles. The second-order valence-electron chi connectivity index (χ2n) is 7.70. The average molecular weight is 434 g/mol. The van der Waals surface area contributed by atoms with Gasteiger partial charge in [0.25, 0.3) is 0 Å². The lowest BCUT2D eigenvalue weighted by Crippen LogP contribution is -2.17. The van der Waals surface area contributed by atoms with E-state index in [0.717, 1.165) is 27.9 Å². The second kappa shape index (κ2) is 11.9. The van der Waals surface area contributed by atoms with E-state index in [9.17, 15) is 14.6 Å². The van der Waals surface area contributed by atoms with Crippen LogP contribution in [0.3, 0.4) is 0 Å². The van der Waals surface area contributed by atoms with E-state index in [0.29, 0.717) is 5.88 Å². The molecule has 0 radical (unpaired) electrons. The van der Waals surface area contributed by atoms with E-state index >= 15 is 0 Å². The minimum atomic E-state index is -0.907. The topological polar surface area (TPSA) is 92.0 Å². The van der Waals surface area contributed by atoms with Gasteiger partial charge in [-0.3, -0.25) is 0 Å². The van der Waals surface area contributed by atoms with Crippen molar-refractivity contribution in [3.05, 3.63) is 53.0 Å². The maximum atomic E-state index is 13.6. The molecular formula is C24H32FNO5. The highest BCUT2D eigenvalue weighted by Gasteiger charge is 2.22. The zero-order chi connectivity index (χ0) is 23.0. The summed E-state index contributed by atoms with van der Waals surface area (Å²) in [6.45, 7) is 4.10.